The molecule has 2 N–H and O–H groups in total. The molecule has 29 heavy (non-hydrogen) atoms. The number of nitrogens with zero attached hydrogens (tertiary/aromatic N) is 2. The predicted octanol–water partition coefficient (Wildman–Crippen LogP) is 4.38. The highest BCUT2D eigenvalue weighted by atomic mass is 16.2. The van der Waals surface area contributed by atoms with Crippen LogP contribution in [0.15, 0.2) is 67.0 Å². The molecule has 3 aromatic rings. The first-order chi connectivity index (χ1) is 14.0. The van der Waals surface area contributed by atoms with Crippen molar-refractivity contribution in [2.75, 3.05) is 15.5 Å². The molecular weight excluding hydrogens is 364 g/mol. The zero-order valence-electron chi connectivity index (χ0n) is 16.3. The Morgan fingerprint density at radius 1 is 1.00 bits per heavy atom. The van der Waals surface area contributed by atoms with Crippen LogP contribution in [-0.4, -0.2) is 22.8 Å². The zero-order valence-corrected chi connectivity index (χ0v) is 16.3. The van der Waals surface area contributed by atoms with Crippen LogP contribution in [0.5, 0.6) is 0 Å². The van der Waals surface area contributed by atoms with Crippen LogP contribution in [0.3, 0.4) is 0 Å². The number of aromatic nitrogens is 1. The van der Waals surface area contributed by atoms with Crippen molar-refractivity contribution in [2.24, 2.45) is 0 Å². The van der Waals surface area contributed by atoms with Crippen molar-refractivity contribution in [1.82, 2.24) is 4.98 Å². The number of carbonyl (C=O) groups excluding carboxylic acids is 2. The Morgan fingerprint density at radius 3 is 2.48 bits per heavy atom. The van der Waals surface area contributed by atoms with Crippen molar-refractivity contribution < 1.29 is 9.59 Å². The van der Waals surface area contributed by atoms with Gasteiger partial charge in [-0.25, -0.2) is 0 Å². The molecule has 0 spiro atoms. The number of pyridine rings is 1. The van der Waals surface area contributed by atoms with Crippen molar-refractivity contribution in [3.8, 4) is 0 Å². The summed E-state index contributed by atoms with van der Waals surface area (Å²) in [6, 6.07) is 17.3. The standard InChI is InChI=1S/C23H22N4O2/c1-15-11-17-5-3-4-6-22(17)27(15)23(29)18-12-21(14-24-13-18)26-20-9-7-19(8-10-20)25-16(2)28/h3-10,12-15,26H,11H2,1-2H3,(H,25,28). The zero-order chi connectivity index (χ0) is 20.4. The number of anilines is 4. The largest absolute Gasteiger partial charge is 0.354 e. The highest BCUT2D eigenvalue weighted by molar-refractivity contribution is 6.08. The fraction of sp³-hybridized carbons (Fsp3) is 0.174. The van der Waals surface area contributed by atoms with Gasteiger partial charge in [0.1, 0.15) is 0 Å². The molecule has 1 aliphatic rings. The van der Waals surface area contributed by atoms with Crippen molar-refractivity contribution in [1.29, 1.82) is 0 Å². The van der Waals surface area contributed by atoms with E-state index >= 15 is 0 Å². The van der Waals surface area contributed by atoms with Gasteiger partial charge in [-0.3, -0.25) is 14.6 Å². The number of rotatable bonds is 4. The van der Waals surface area contributed by atoms with Gasteiger partial charge in [-0.2, -0.15) is 0 Å². The molecule has 2 amide bonds. The number of fused-ring (bicyclic) bond motifs is 1. The molecule has 2 aromatic carbocycles. The fourth-order valence-corrected chi connectivity index (χ4v) is 3.65. The third-order valence-electron chi connectivity index (χ3n) is 4.91. The molecule has 1 unspecified atom stereocenters. The SMILES string of the molecule is CC(=O)Nc1ccc(Nc2cncc(C(=O)N3c4ccccc4CC3C)c2)cc1. The van der Waals surface area contributed by atoms with Gasteiger partial charge in [-0.05, 0) is 55.3 Å². The summed E-state index contributed by atoms with van der Waals surface area (Å²) in [6.07, 6.45) is 4.13. The van der Waals surface area contributed by atoms with Crippen molar-refractivity contribution >= 4 is 34.6 Å². The second kappa shape index (κ2) is 7.75. The summed E-state index contributed by atoms with van der Waals surface area (Å²) in [5.74, 6) is -0.168. The summed E-state index contributed by atoms with van der Waals surface area (Å²) in [7, 11) is 0. The van der Waals surface area contributed by atoms with Gasteiger partial charge in [0.05, 0.1) is 17.4 Å². The van der Waals surface area contributed by atoms with E-state index in [9.17, 15) is 9.59 Å². The van der Waals surface area contributed by atoms with E-state index in [0.717, 1.165) is 29.2 Å². The summed E-state index contributed by atoms with van der Waals surface area (Å²) in [5, 5.41) is 5.99. The maximum Gasteiger partial charge on any atom is 0.260 e. The highest BCUT2D eigenvalue weighted by Crippen LogP contribution is 2.33. The molecule has 0 bridgehead atoms. The van der Waals surface area contributed by atoms with Crippen molar-refractivity contribution in [3.63, 3.8) is 0 Å². The summed E-state index contributed by atoms with van der Waals surface area (Å²) < 4.78 is 0. The highest BCUT2D eigenvalue weighted by Gasteiger charge is 2.31. The third kappa shape index (κ3) is 3.96. The Balaban J connectivity index is 1.53. The van der Waals surface area contributed by atoms with Crippen LogP contribution in [0.1, 0.15) is 29.8 Å². The molecule has 4 rings (SSSR count). The Labute approximate surface area is 169 Å². The van der Waals surface area contributed by atoms with E-state index in [1.807, 2.05) is 53.4 Å². The molecule has 0 saturated heterocycles. The van der Waals surface area contributed by atoms with Gasteiger partial charge in [0.25, 0.3) is 5.91 Å². The first-order valence-electron chi connectivity index (χ1n) is 9.52. The second-order valence-electron chi connectivity index (χ2n) is 7.20. The number of benzene rings is 2. The van der Waals surface area contributed by atoms with Crippen LogP contribution in [0, 0.1) is 0 Å². The van der Waals surface area contributed by atoms with E-state index in [-0.39, 0.29) is 17.9 Å². The van der Waals surface area contributed by atoms with E-state index in [0.29, 0.717) is 5.56 Å². The molecular formula is C23H22N4O2. The van der Waals surface area contributed by atoms with Gasteiger partial charge in [-0.15, -0.1) is 0 Å². The van der Waals surface area contributed by atoms with Gasteiger partial charge in [-0.1, -0.05) is 18.2 Å². The molecule has 0 fully saturated rings. The predicted molar refractivity (Wildman–Crippen MR) is 115 cm³/mol. The fourth-order valence-electron chi connectivity index (χ4n) is 3.65. The smallest absolute Gasteiger partial charge is 0.260 e. The number of hydrogen-bond donors (Lipinski definition) is 2. The average Bonchev–Trinajstić information content (AvgIpc) is 3.04. The quantitative estimate of drug-likeness (QED) is 0.698. The lowest BCUT2D eigenvalue weighted by atomic mass is 10.1. The number of carbonyl (C=O) groups is 2. The molecule has 2 heterocycles. The van der Waals surface area contributed by atoms with E-state index in [1.54, 1.807) is 12.4 Å². The van der Waals surface area contributed by atoms with E-state index in [1.165, 1.54) is 12.5 Å². The van der Waals surface area contributed by atoms with E-state index in [4.69, 9.17) is 0 Å². The number of nitrogens with one attached hydrogen (secondary N) is 2. The maximum atomic E-state index is 13.2. The Bertz CT molecular complexity index is 1060. The second-order valence-corrected chi connectivity index (χ2v) is 7.20. The first kappa shape index (κ1) is 18.7. The van der Waals surface area contributed by atoms with Crippen molar-refractivity contribution in [3.05, 3.63) is 78.1 Å². The maximum absolute atomic E-state index is 13.2. The Morgan fingerprint density at radius 2 is 1.72 bits per heavy atom. The van der Waals surface area contributed by atoms with E-state index in [2.05, 4.69) is 28.6 Å². The Kier molecular flexibility index (Phi) is 4.99. The van der Waals surface area contributed by atoms with Crippen LogP contribution in [0.2, 0.25) is 0 Å². The molecule has 0 aliphatic carbocycles. The molecule has 146 valence electrons. The van der Waals surface area contributed by atoms with Crippen LogP contribution in [0.4, 0.5) is 22.7 Å². The lowest BCUT2D eigenvalue weighted by Crippen LogP contribution is -2.35. The van der Waals surface area contributed by atoms with E-state index < -0.39 is 0 Å². The molecule has 1 atom stereocenters. The molecule has 1 aliphatic heterocycles. The third-order valence-corrected chi connectivity index (χ3v) is 4.91. The average molecular weight is 386 g/mol. The molecule has 0 saturated carbocycles. The number of amides is 2. The minimum atomic E-state index is -0.112. The van der Waals surface area contributed by atoms with Crippen LogP contribution < -0.4 is 15.5 Å². The summed E-state index contributed by atoms with van der Waals surface area (Å²) in [4.78, 5) is 30.4. The monoisotopic (exact) mass is 386 g/mol. The molecule has 6 nitrogen and oxygen atoms in total. The lowest BCUT2D eigenvalue weighted by Gasteiger charge is -2.23. The van der Waals surface area contributed by atoms with Crippen LogP contribution in [0.25, 0.3) is 0 Å². The first-order valence-corrected chi connectivity index (χ1v) is 9.52. The summed E-state index contributed by atoms with van der Waals surface area (Å²) in [5.41, 5.74) is 4.99. The topological polar surface area (TPSA) is 74.3 Å². The van der Waals surface area contributed by atoms with Gasteiger partial charge in [0.15, 0.2) is 0 Å². The van der Waals surface area contributed by atoms with Gasteiger partial charge < -0.3 is 15.5 Å². The van der Waals surface area contributed by atoms with Gasteiger partial charge in [0.2, 0.25) is 5.91 Å². The van der Waals surface area contributed by atoms with Crippen LogP contribution >= 0.6 is 0 Å². The number of hydrogen-bond acceptors (Lipinski definition) is 4. The minimum absolute atomic E-state index is 0.0559. The minimum Gasteiger partial charge on any atom is -0.354 e. The van der Waals surface area contributed by atoms with Gasteiger partial charge in [0, 0.05) is 36.2 Å². The number of para-hydroxylation sites is 1. The molecule has 6 heteroatoms. The van der Waals surface area contributed by atoms with Crippen molar-refractivity contribution in [2.45, 2.75) is 26.3 Å². The summed E-state index contributed by atoms with van der Waals surface area (Å²) >= 11 is 0. The Hall–Kier alpha value is -3.67. The normalized spacial score (nSPS) is 15.0. The molecule has 1 aromatic heterocycles. The van der Waals surface area contributed by atoms with Gasteiger partial charge >= 0.3 is 0 Å². The van der Waals surface area contributed by atoms with Crippen LogP contribution in [-0.2, 0) is 11.2 Å². The summed E-state index contributed by atoms with van der Waals surface area (Å²) in [6.45, 7) is 3.53. The molecule has 0 radical (unpaired) electrons. The lowest BCUT2D eigenvalue weighted by molar-refractivity contribution is -0.114.